The average molecular weight is 306 g/mol. The predicted molar refractivity (Wildman–Crippen MR) is 92.7 cm³/mol. The van der Waals surface area contributed by atoms with Crippen LogP contribution in [0.4, 0.5) is 5.69 Å². The van der Waals surface area contributed by atoms with Gasteiger partial charge in [0.2, 0.25) is 0 Å². The highest BCUT2D eigenvalue weighted by Gasteiger charge is 2.43. The zero-order chi connectivity index (χ0) is 16.1. The summed E-state index contributed by atoms with van der Waals surface area (Å²) < 4.78 is 0. The van der Waals surface area contributed by atoms with Gasteiger partial charge in [-0.1, -0.05) is 12.1 Å². The molecule has 1 N–H and O–H groups in total. The molecule has 3 rings (SSSR count). The highest BCUT2D eigenvalue weighted by molar-refractivity contribution is 5.48. The van der Waals surface area contributed by atoms with E-state index >= 15 is 0 Å². The molecular weight excluding hydrogens is 284 g/mol. The molecule has 4 heteroatoms. The molecule has 1 saturated carbocycles. The minimum absolute atomic E-state index is 0.348. The summed E-state index contributed by atoms with van der Waals surface area (Å²) in [6.45, 7) is 9.16. The van der Waals surface area contributed by atoms with Gasteiger partial charge in [0.1, 0.15) is 0 Å². The molecule has 0 saturated heterocycles. The molecule has 0 atom stereocenters. The molecule has 0 spiro atoms. The van der Waals surface area contributed by atoms with Crippen molar-refractivity contribution in [1.29, 1.82) is 0 Å². The molecule has 4 nitrogen and oxygen atoms in total. The van der Waals surface area contributed by atoms with Crippen molar-refractivity contribution >= 4 is 5.69 Å². The monoisotopic (exact) mass is 306 g/mol. The van der Waals surface area contributed by atoms with Gasteiger partial charge in [-0.15, -0.1) is 0 Å². The van der Waals surface area contributed by atoms with Crippen LogP contribution in [0.3, 0.4) is 0 Å². The minimum atomic E-state index is -0.348. The number of hydrogen-bond acceptors (Lipinski definition) is 3. The lowest BCUT2D eigenvalue weighted by molar-refractivity contribution is 0.319. The maximum Gasteiger partial charge on any atom is 0.305 e. The molecule has 118 valence electrons. The summed E-state index contributed by atoms with van der Waals surface area (Å²) in [4.78, 5) is 10.1. The van der Waals surface area contributed by atoms with Crippen LogP contribution >= 0.6 is 0 Å². The van der Waals surface area contributed by atoms with E-state index in [-0.39, 0.29) is 5.66 Å². The Morgan fingerprint density at radius 1 is 1.09 bits per heavy atom. The molecule has 0 unspecified atom stereocenters. The molecule has 2 aromatic rings. The number of rotatable bonds is 6. The number of pyridine rings is 1. The topological polar surface area (TPSA) is 32.5 Å². The first-order valence-electron chi connectivity index (χ1n) is 8.02. The van der Waals surface area contributed by atoms with E-state index in [1.807, 2.05) is 24.5 Å². The van der Waals surface area contributed by atoms with Crippen LogP contribution < -0.4 is 5.32 Å². The fourth-order valence-electron chi connectivity index (χ4n) is 2.91. The van der Waals surface area contributed by atoms with Gasteiger partial charge in [-0.2, -0.15) is 0 Å². The number of nitrogens with zero attached hydrogens (tertiary/aromatic N) is 3. The lowest BCUT2D eigenvalue weighted by atomic mass is 9.85. The van der Waals surface area contributed by atoms with Crippen molar-refractivity contribution in [1.82, 2.24) is 9.88 Å². The molecule has 1 aromatic heterocycles. The van der Waals surface area contributed by atoms with Crippen LogP contribution in [-0.2, 0) is 13.1 Å². The first-order valence-corrected chi connectivity index (χ1v) is 8.02. The van der Waals surface area contributed by atoms with Crippen LogP contribution in [-0.4, -0.2) is 22.6 Å². The Bertz CT molecular complexity index is 669. The molecule has 0 aliphatic heterocycles. The Morgan fingerprint density at radius 2 is 1.70 bits per heavy atom. The van der Waals surface area contributed by atoms with Gasteiger partial charge in [-0.3, -0.25) is 14.7 Å². The summed E-state index contributed by atoms with van der Waals surface area (Å²) in [5, 5.41) is 3.39. The number of anilines is 1. The second-order valence-electron chi connectivity index (χ2n) is 6.35. The highest BCUT2D eigenvalue weighted by Crippen LogP contribution is 2.36. The van der Waals surface area contributed by atoms with Crippen LogP contribution in [0.25, 0.3) is 4.85 Å². The van der Waals surface area contributed by atoms with Gasteiger partial charge in [0, 0.05) is 44.0 Å². The van der Waals surface area contributed by atoms with E-state index in [1.54, 1.807) is 0 Å². The molecule has 1 fully saturated rings. The zero-order valence-corrected chi connectivity index (χ0v) is 13.5. The number of nitrogens with one attached hydrogen (secondary N) is 1. The summed E-state index contributed by atoms with van der Waals surface area (Å²) in [7, 11) is 2.12. The third-order valence-electron chi connectivity index (χ3n) is 4.38. The number of aromatic nitrogens is 1. The van der Waals surface area contributed by atoms with Crippen LogP contribution in [0.2, 0.25) is 0 Å². The molecular formula is C19H22N4. The van der Waals surface area contributed by atoms with Gasteiger partial charge in [0.25, 0.3) is 0 Å². The third kappa shape index (κ3) is 3.88. The first kappa shape index (κ1) is 15.5. The van der Waals surface area contributed by atoms with Crippen molar-refractivity contribution in [2.24, 2.45) is 0 Å². The molecule has 0 amide bonds. The summed E-state index contributed by atoms with van der Waals surface area (Å²) in [6, 6.07) is 12.5. The fraction of sp³-hybridized carbons (Fsp3) is 0.368. The Kier molecular flexibility index (Phi) is 4.59. The number of hydrogen-bond donors (Lipinski definition) is 1. The van der Waals surface area contributed by atoms with E-state index in [0.717, 1.165) is 38.0 Å². The number of benzene rings is 1. The van der Waals surface area contributed by atoms with Crippen molar-refractivity contribution in [2.45, 2.75) is 38.0 Å². The Hall–Kier alpha value is -2.38. The largest absolute Gasteiger partial charge is 0.314 e. The lowest BCUT2D eigenvalue weighted by Gasteiger charge is -2.31. The normalized spacial score (nSPS) is 15.7. The van der Waals surface area contributed by atoms with Gasteiger partial charge in [0.05, 0.1) is 0 Å². The Labute approximate surface area is 138 Å². The van der Waals surface area contributed by atoms with E-state index in [9.17, 15) is 0 Å². The van der Waals surface area contributed by atoms with E-state index in [0.29, 0.717) is 0 Å². The summed E-state index contributed by atoms with van der Waals surface area (Å²) in [5.74, 6) is 0. The molecule has 1 aromatic carbocycles. The SMILES string of the molecule is [C-]#[N+]C1(Nc2ccc(CN(C)Cc3ccncc3)cc2)CCC1. The minimum Gasteiger partial charge on any atom is -0.314 e. The van der Waals surface area contributed by atoms with Crippen molar-refractivity contribution in [3.63, 3.8) is 0 Å². The van der Waals surface area contributed by atoms with Crippen LogP contribution in [0.5, 0.6) is 0 Å². The predicted octanol–water partition coefficient (Wildman–Crippen LogP) is 3.92. The Balaban J connectivity index is 1.56. The molecule has 0 radical (unpaired) electrons. The van der Waals surface area contributed by atoms with Crippen molar-refractivity contribution < 1.29 is 0 Å². The van der Waals surface area contributed by atoms with E-state index in [1.165, 1.54) is 11.1 Å². The van der Waals surface area contributed by atoms with Crippen LogP contribution in [0.15, 0.2) is 48.8 Å². The van der Waals surface area contributed by atoms with E-state index < -0.39 is 0 Å². The van der Waals surface area contributed by atoms with Crippen molar-refractivity contribution in [2.75, 3.05) is 12.4 Å². The quantitative estimate of drug-likeness (QED) is 0.821. The molecule has 1 heterocycles. The fourth-order valence-corrected chi connectivity index (χ4v) is 2.91. The molecule has 23 heavy (non-hydrogen) atoms. The van der Waals surface area contributed by atoms with Gasteiger partial charge in [0.15, 0.2) is 0 Å². The summed E-state index contributed by atoms with van der Waals surface area (Å²) >= 11 is 0. The Morgan fingerprint density at radius 3 is 2.22 bits per heavy atom. The van der Waals surface area contributed by atoms with Crippen LogP contribution in [0, 0.1) is 6.57 Å². The molecule has 1 aliphatic rings. The average Bonchev–Trinajstić information content (AvgIpc) is 2.53. The maximum atomic E-state index is 7.35. The van der Waals surface area contributed by atoms with Crippen molar-refractivity contribution in [3.8, 4) is 0 Å². The van der Waals surface area contributed by atoms with E-state index in [2.05, 4.69) is 51.4 Å². The van der Waals surface area contributed by atoms with Gasteiger partial charge in [-0.25, -0.2) is 6.57 Å². The van der Waals surface area contributed by atoms with Crippen molar-refractivity contribution in [3.05, 3.63) is 71.3 Å². The third-order valence-corrected chi connectivity index (χ3v) is 4.38. The lowest BCUT2D eigenvalue weighted by Crippen LogP contribution is -2.41. The van der Waals surface area contributed by atoms with Gasteiger partial charge >= 0.3 is 5.66 Å². The highest BCUT2D eigenvalue weighted by atomic mass is 15.1. The van der Waals surface area contributed by atoms with Crippen LogP contribution in [0.1, 0.15) is 30.4 Å². The second kappa shape index (κ2) is 6.80. The standard InChI is InChI=1S/C19H22N4/c1-20-19(10-3-11-19)22-18-6-4-16(5-7-18)14-23(2)15-17-8-12-21-13-9-17/h4-9,12-13,22H,3,10-11,14-15H2,2H3. The first-order chi connectivity index (χ1) is 11.2. The van der Waals surface area contributed by atoms with Gasteiger partial charge < -0.3 is 5.32 Å². The molecule has 0 bridgehead atoms. The van der Waals surface area contributed by atoms with E-state index in [4.69, 9.17) is 6.57 Å². The summed E-state index contributed by atoms with van der Waals surface area (Å²) in [5.41, 5.74) is 3.24. The zero-order valence-electron chi connectivity index (χ0n) is 13.5. The van der Waals surface area contributed by atoms with Gasteiger partial charge in [-0.05, 0) is 48.9 Å². The summed E-state index contributed by atoms with van der Waals surface area (Å²) in [6.07, 6.45) is 6.71. The smallest absolute Gasteiger partial charge is 0.305 e. The second-order valence-corrected chi connectivity index (χ2v) is 6.35. The molecule has 1 aliphatic carbocycles. The maximum absolute atomic E-state index is 7.35.